The first-order chi connectivity index (χ1) is 12.0. The molecule has 1 aromatic rings. The minimum Gasteiger partial charge on any atom is -0.352 e. The largest absolute Gasteiger partial charge is 0.352 e. The second-order valence-electron chi connectivity index (χ2n) is 6.77. The number of piperidine rings is 1. The fraction of sp³-hybridized carbons (Fsp3) is 0.579. The molecule has 3 N–H and O–H groups in total. The van der Waals surface area contributed by atoms with Crippen molar-refractivity contribution in [1.29, 1.82) is 0 Å². The molecule has 2 amide bonds. The average molecular weight is 402 g/mol. The summed E-state index contributed by atoms with van der Waals surface area (Å²) in [6.07, 6.45) is 3.62. The standard InChI is InChI=1S/C19H28ClN3O2.ClH/c1-3-8-22-19(25)16-5-4-15(12-17(16)20)23-18(24)11-13(2)14-6-9-21-10-7-14;/h4-5,12-14,21H,3,6-11H2,1-2H3,(H,22,25)(H,23,24);1H. The zero-order chi connectivity index (χ0) is 18.2. The summed E-state index contributed by atoms with van der Waals surface area (Å²) in [5.41, 5.74) is 1.05. The van der Waals surface area contributed by atoms with Gasteiger partial charge in [0.15, 0.2) is 0 Å². The Bertz CT molecular complexity index is 604. The topological polar surface area (TPSA) is 70.2 Å². The summed E-state index contributed by atoms with van der Waals surface area (Å²) >= 11 is 6.20. The molecule has 0 aliphatic carbocycles. The highest BCUT2D eigenvalue weighted by Gasteiger charge is 2.22. The molecule has 0 spiro atoms. The first-order valence-electron chi connectivity index (χ1n) is 9.09. The lowest BCUT2D eigenvalue weighted by atomic mass is 9.84. The fourth-order valence-electron chi connectivity index (χ4n) is 3.20. The summed E-state index contributed by atoms with van der Waals surface area (Å²) in [5, 5.41) is 9.38. The van der Waals surface area contributed by atoms with Gasteiger partial charge in [-0.1, -0.05) is 25.4 Å². The van der Waals surface area contributed by atoms with E-state index in [1.165, 1.54) is 0 Å². The van der Waals surface area contributed by atoms with Gasteiger partial charge in [0, 0.05) is 18.7 Å². The fourth-order valence-corrected chi connectivity index (χ4v) is 3.46. The number of carbonyl (C=O) groups excluding carboxylic acids is 2. The molecule has 5 nitrogen and oxygen atoms in total. The van der Waals surface area contributed by atoms with Crippen LogP contribution in [0.3, 0.4) is 0 Å². The zero-order valence-electron chi connectivity index (χ0n) is 15.4. The summed E-state index contributed by atoms with van der Waals surface area (Å²) in [7, 11) is 0. The number of halogens is 2. The van der Waals surface area contributed by atoms with Crippen LogP contribution in [-0.4, -0.2) is 31.4 Å². The number of anilines is 1. The van der Waals surface area contributed by atoms with Gasteiger partial charge in [0.2, 0.25) is 5.91 Å². The normalized spacial score (nSPS) is 15.7. The van der Waals surface area contributed by atoms with Crippen LogP contribution in [0.1, 0.15) is 49.9 Å². The Labute approximate surface area is 167 Å². The van der Waals surface area contributed by atoms with Crippen LogP contribution in [0.4, 0.5) is 5.69 Å². The van der Waals surface area contributed by atoms with Gasteiger partial charge < -0.3 is 16.0 Å². The van der Waals surface area contributed by atoms with Crippen LogP contribution in [-0.2, 0) is 4.79 Å². The van der Waals surface area contributed by atoms with Crippen molar-refractivity contribution < 1.29 is 9.59 Å². The Kier molecular flexibility index (Phi) is 9.99. The predicted octanol–water partition coefficient (Wildman–Crippen LogP) is 3.87. The number of hydrogen-bond donors (Lipinski definition) is 3. The molecule has 0 aromatic heterocycles. The summed E-state index contributed by atoms with van der Waals surface area (Å²) < 4.78 is 0. The van der Waals surface area contributed by atoms with Crippen molar-refractivity contribution in [1.82, 2.24) is 10.6 Å². The Morgan fingerprint density at radius 1 is 1.31 bits per heavy atom. The van der Waals surface area contributed by atoms with Crippen molar-refractivity contribution in [3.63, 3.8) is 0 Å². The van der Waals surface area contributed by atoms with Gasteiger partial charge >= 0.3 is 0 Å². The first kappa shape index (κ1) is 22.7. The smallest absolute Gasteiger partial charge is 0.252 e. The number of amides is 2. The Morgan fingerprint density at radius 2 is 2.00 bits per heavy atom. The second-order valence-corrected chi connectivity index (χ2v) is 7.17. The van der Waals surface area contributed by atoms with Gasteiger partial charge in [-0.25, -0.2) is 0 Å². The third-order valence-electron chi connectivity index (χ3n) is 4.73. The van der Waals surface area contributed by atoms with Gasteiger partial charge in [0.1, 0.15) is 0 Å². The molecule has 0 saturated carbocycles. The van der Waals surface area contributed by atoms with Crippen LogP contribution in [0.15, 0.2) is 18.2 Å². The molecule has 1 atom stereocenters. The maximum absolute atomic E-state index is 12.3. The lowest BCUT2D eigenvalue weighted by Gasteiger charge is -2.27. The highest BCUT2D eigenvalue weighted by Crippen LogP contribution is 2.25. The zero-order valence-corrected chi connectivity index (χ0v) is 17.0. The highest BCUT2D eigenvalue weighted by molar-refractivity contribution is 6.34. The number of carbonyl (C=O) groups is 2. The van der Waals surface area contributed by atoms with Gasteiger partial charge in [0.25, 0.3) is 5.91 Å². The summed E-state index contributed by atoms with van der Waals surface area (Å²) in [6, 6.07) is 5.01. The van der Waals surface area contributed by atoms with Crippen molar-refractivity contribution in [3.05, 3.63) is 28.8 Å². The lowest BCUT2D eigenvalue weighted by Crippen LogP contribution is -2.32. The number of rotatable bonds is 7. The van der Waals surface area contributed by atoms with Gasteiger partial charge in [-0.2, -0.15) is 0 Å². The number of benzene rings is 1. The molecule has 1 aliphatic heterocycles. The van der Waals surface area contributed by atoms with Crippen LogP contribution in [0, 0.1) is 11.8 Å². The second kappa shape index (κ2) is 11.4. The quantitative estimate of drug-likeness (QED) is 0.649. The van der Waals surface area contributed by atoms with E-state index < -0.39 is 0 Å². The van der Waals surface area contributed by atoms with Crippen molar-refractivity contribution in [2.45, 2.75) is 39.5 Å². The summed E-state index contributed by atoms with van der Waals surface area (Å²) in [4.78, 5) is 24.3. The minimum atomic E-state index is -0.191. The highest BCUT2D eigenvalue weighted by atomic mass is 35.5. The van der Waals surface area contributed by atoms with E-state index in [9.17, 15) is 9.59 Å². The van der Waals surface area contributed by atoms with E-state index in [1.807, 2.05) is 6.92 Å². The Morgan fingerprint density at radius 3 is 2.62 bits per heavy atom. The molecular weight excluding hydrogens is 373 g/mol. The number of nitrogens with one attached hydrogen (secondary N) is 3. The monoisotopic (exact) mass is 401 g/mol. The van der Waals surface area contributed by atoms with Crippen LogP contribution in [0.5, 0.6) is 0 Å². The third kappa shape index (κ3) is 6.78. The Hall–Kier alpha value is -1.30. The predicted molar refractivity (Wildman–Crippen MR) is 109 cm³/mol. The molecule has 1 unspecified atom stereocenters. The third-order valence-corrected chi connectivity index (χ3v) is 5.04. The summed E-state index contributed by atoms with van der Waals surface area (Å²) in [5.74, 6) is 0.756. The van der Waals surface area contributed by atoms with Crippen LogP contribution in [0.25, 0.3) is 0 Å². The van der Waals surface area contributed by atoms with Crippen LogP contribution in [0.2, 0.25) is 5.02 Å². The van der Waals surface area contributed by atoms with Crippen molar-refractivity contribution in [3.8, 4) is 0 Å². The minimum absolute atomic E-state index is 0. The van der Waals surface area contributed by atoms with E-state index in [1.54, 1.807) is 18.2 Å². The molecule has 0 radical (unpaired) electrons. The van der Waals surface area contributed by atoms with E-state index in [-0.39, 0.29) is 24.2 Å². The molecule has 1 aromatic carbocycles. The van der Waals surface area contributed by atoms with Gasteiger partial charge in [-0.15, -0.1) is 12.4 Å². The number of hydrogen-bond acceptors (Lipinski definition) is 3. The molecule has 7 heteroatoms. The van der Waals surface area contributed by atoms with Crippen molar-refractivity contribution >= 4 is 41.5 Å². The molecule has 2 rings (SSSR count). The van der Waals surface area contributed by atoms with Crippen molar-refractivity contribution in [2.24, 2.45) is 11.8 Å². The molecule has 1 heterocycles. The van der Waals surface area contributed by atoms with E-state index in [4.69, 9.17) is 11.6 Å². The lowest BCUT2D eigenvalue weighted by molar-refractivity contribution is -0.117. The molecule has 146 valence electrons. The van der Waals surface area contributed by atoms with Gasteiger partial charge in [0.05, 0.1) is 10.6 Å². The SMILES string of the molecule is CCCNC(=O)c1ccc(NC(=O)CC(C)C2CCNCC2)cc1Cl.Cl. The Balaban J connectivity index is 0.00000338. The summed E-state index contributed by atoms with van der Waals surface area (Å²) in [6.45, 7) is 6.82. The first-order valence-corrected chi connectivity index (χ1v) is 9.47. The molecule has 1 aliphatic rings. The van der Waals surface area contributed by atoms with Crippen molar-refractivity contribution in [2.75, 3.05) is 25.0 Å². The van der Waals surface area contributed by atoms with Crippen LogP contribution >= 0.6 is 24.0 Å². The molecule has 26 heavy (non-hydrogen) atoms. The molecule has 1 saturated heterocycles. The average Bonchev–Trinajstić information content (AvgIpc) is 2.60. The van der Waals surface area contributed by atoms with Crippen LogP contribution < -0.4 is 16.0 Å². The van der Waals surface area contributed by atoms with Gasteiger partial charge in [-0.3, -0.25) is 9.59 Å². The van der Waals surface area contributed by atoms with E-state index in [0.717, 1.165) is 32.4 Å². The maximum atomic E-state index is 12.3. The molecular formula is C19H29Cl2N3O2. The van der Waals surface area contributed by atoms with E-state index in [2.05, 4.69) is 22.9 Å². The molecule has 1 fully saturated rings. The molecule has 0 bridgehead atoms. The van der Waals surface area contributed by atoms with Gasteiger partial charge in [-0.05, 0) is 62.4 Å². The van der Waals surface area contributed by atoms with E-state index in [0.29, 0.717) is 41.1 Å². The van der Waals surface area contributed by atoms with E-state index >= 15 is 0 Å². The maximum Gasteiger partial charge on any atom is 0.252 e.